The Morgan fingerprint density at radius 3 is 2.85 bits per heavy atom. The second-order valence-corrected chi connectivity index (χ2v) is 7.62. The number of rotatable bonds is 4. The molecule has 2 saturated heterocycles. The van der Waals surface area contributed by atoms with Crippen molar-refractivity contribution in [3.05, 3.63) is 40.9 Å². The molecule has 0 unspecified atom stereocenters. The second kappa shape index (κ2) is 7.13. The predicted octanol–water partition coefficient (Wildman–Crippen LogP) is 2.55. The molecule has 2 amide bonds. The molecule has 2 aliphatic rings. The Hall–Kier alpha value is -2.32. The molecule has 3 heterocycles. The number of likely N-dealkylation sites (tertiary alicyclic amines) is 1. The first-order valence-electron chi connectivity index (χ1n) is 8.70. The molecule has 2 fully saturated rings. The molecule has 1 aromatic carbocycles. The molecule has 0 aliphatic carbocycles. The van der Waals surface area contributed by atoms with E-state index in [0.717, 1.165) is 30.0 Å². The first-order valence-corrected chi connectivity index (χ1v) is 9.51. The van der Waals surface area contributed by atoms with Gasteiger partial charge in [-0.05, 0) is 18.4 Å². The summed E-state index contributed by atoms with van der Waals surface area (Å²) in [5.74, 6) is -0.687. The Balaban J connectivity index is 1.50. The number of nitrogens with one attached hydrogen (secondary N) is 1. The van der Waals surface area contributed by atoms with Gasteiger partial charge in [-0.3, -0.25) is 9.59 Å². The molecule has 136 valence electrons. The van der Waals surface area contributed by atoms with E-state index >= 15 is 0 Å². The summed E-state index contributed by atoms with van der Waals surface area (Å²) in [5, 5.41) is 12.3. The molecule has 26 heavy (non-hydrogen) atoms. The number of carbonyl (C=O) groups excluding carboxylic acids is 2. The Kier molecular flexibility index (Phi) is 4.69. The van der Waals surface area contributed by atoms with Crippen molar-refractivity contribution in [1.29, 1.82) is 0 Å². The van der Waals surface area contributed by atoms with Crippen LogP contribution in [0.2, 0.25) is 0 Å². The highest BCUT2D eigenvalue weighted by atomic mass is 32.1. The number of nitrogens with zero attached hydrogens (tertiary/aromatic N) is 3. The van der Waals surface area contributed by atoms with E-state index in [1.54, 1.807) is 11.9 Å². The summed E-state index contributed by atoms with van der Waals surface area (Å²) in [6, 6.07) is 9.37. The molecule has 3 atom stereocenters. The van der Waals surface area contributed by atoms with Gasteiger partial charge in [0, 0.05) is 20.1 Å². The highest BCUT2D eigenvalue weighted by Crippen LogP contribution is 2.38. The third-order valence-corrected chi connectivity index (χ3v) is 5.87. The summed E-state index contributed by atoms with van der Waals surface area (Å²) < 4.78 is 5.60. The van der Waals surface area contributed by atoms with E-state index in [1.807, 2.05) is 30.3 Å². The van der Waals surface area contributed by atoms with Crippen LogP contribution < -0.4 is 5.32 Å². The van der Waals surface area contributed by atoms with Crippen LogP contribution in [-0.4, -0.2) is 40.6 Å². The van der Waals surface area contributed by atoms with Crippen molar-refractivity contribution >= 4 is 28.3 Å². The molecule has 8 heteroatoms. The molecule has 0 spiro atoms. The third kappa shape index (κ3) is 3.22. The van der Waals surface area contributed by atoms with E-state index in [4.69, 9.17) is 4.74 Å². The van der Waals surface area contributed by atoms with Gasteiger partial charge in [-0.25, -0.2) is 0 Å². The van der Waals surface area contributed by atoms with Gasteiger partial charge in [-0.1, -0.05) is 41.7 Å². The van der Waals surface area contributed by atoms with Crippen LogP contribution in [0.4, 0.5) is 5.13 Å². The van der Waals surface area contributed by atoms with Gasteiger partial charge in [0.2, 0.25) is 16.9 Å². The smallest absolute Gasteiger partial charge is 0.232 e. The van der Waals surface area contributed by atoms with Crippen LogP contribution in [0.25, 0.3) is 0 Å². The summed E-state index contributed by atoms with van der Waals surface area (Å²) in [7, 11) is 1.74. The lowest BCUT2D eigenvalue weighted by molar-refractivity contribution is -0.127. The number of anilines is 1. The molecule has 0 bridgehead atoms. The fourth-order valence-electron chi connectivity index (χ4n) is 3.60. The van der Waals surface area contributed by atoms with Crippen LogP contribution in [0.15, 0.2) is 30.3 Å². The molecule has 2 aromatic rings. The highest BCUT2D eigenvalue weighted by Gasteiger charge is 2.42. The molecule has 0 saturated carbocycles. The number of hydrogen-bond acceptors (Lipinski definition) is 6. The minimum atomic E-state index is -0.454. The van der Waals surface area contributed by atoms with Gasteiger partial charge in [-0.2, -0.15) is 0 Å². The van der Waals surface area contributed by atoms with E-state index < -0.39 is 5.92 Å². The van der Waals surface area contributed by atoms with Gasteiger partial charge in [-0.15, -0.1) is 10.2 Å². The molecule has 7 nitrogen and oxygen atoms in total. The number of benzene rings is 1. The van der Waals surface area contributed by atoms with Crippen molar-refractivity contribution < 1.29 is 14.3 Å². The van der Waals surface area contributed by atoms with Crippen LogP contribution in [0, 0.1) is 5.92 Å². The third-order valence-electron chi connectivity index (χ3n) is 4.94. The van der Waals surface area contributed by atoms with Gasteiger partial charge in [0.1, 0.15) is 11.1 Å². The Morgan fingerprint density at radius 2 is 2.12 bits per heavy atom. The Morgan fingerprint density at radius 1 is 1.31 bits per heavy atom. The monoisotopic (exact) mass is 372 g/mol. The van der Waals surface area contributed by atoms with E-state index in [2.05, 4.69) is 15.5 Å². The summed E-state index contributed by atoms with van der Waals surface area (Å²) in [4.78, 5) is 26.7. The number of aromatic nitrogens is 2. The largest absolute Gasteiger partial charge is 0.371 e. The second-order valence-electron chi connectivity index (χ2n) is 6.61. The first kappa shape index (κ1) is 17.1. The summed E-state index contributed by atoms with van der Waals surface area (Å²) in [6.45, 7) is 0.737. The molecular weight excluding hydrogens is 352 g/mol. The zero-order valence-electron chi connectivity index (χ0n) is 14.4. The summed E-state index contributed by atoms with van der Waals surface area (Å²) in [6.07, 6.45) is 2.12. The first-order chi connectivity index (χ1) is 12.6. The maximum atomic E-state index is 12.8. The Bertz CT molecular complexity index is 804. The van der Waals surface area contributed by atoms with Gasteiger partial charge in [0.15, 0.2) is 0 Å². The summed E-state index contributed by atoms with van der Waals surface area (Å²) in [5.41, 5.74) is 0.957. The van der Waals surface area contributed by atoms with E-state index in [0.29, 0.717) is 5.13 Å². The lowest BCUT2D eigenvalue weighted by atomic mass is 9.93. The fraction of sp³-hybridized carbons (Fsp3) is 0.444. The molecule has 1 N–H and O–H groups in total. The fourth-order valence-corrected chi connectivity index (χ4v) is 4.43. The minimum absolute atomic E-state index is 0.0191. The van der Waals surface area contributed by atoms with Crippen molar-refractivity contribution in [2.45, 2.75) is 31.4 Å². The molecular formula is C18H20N4O3S. The Labute approximate surface area is 155 Å². The lowest BCUT2D eigenvalue weighted by Crippen LogP contribution is -2.29. The van der Waals surface area contributed by atoms with Gasteiger partial charge >= 0.3 is 0 Å². The number of hydrogen-bond donors (Lipinski definition) is 1. The number of amides is 2. The van der Waals surface area contributed by atoms with Crippen LogP contribution >= 0.6 is 11.3 Å². The minimum Gasteiger partial charge on any atom is -0.371 e. The number of ether oxygens (including phenoxy) is 1. The predicted molar refractivity (Wildman–Crippen MR) is 96.5 cm³/mol. The van der Waals surface area contributed by atoms with E-state index in [9.17, 15) is 9.59 Å². The van der Waals surface area contributed by atoms with E-state index in [1.165, 1.54) is 11.3 Å². The molecule has 0 radical (unpaired) electrons. The van der Waals surface area contributed by atoms with Crippen molar-refractivity contribution in [1.82, 2.24) is 15.1 Å². The molecule has 4 rings (SSSR count). The zero-order valence-corrected chi connectivity index (χ0v) is 15.2. The van der Waals surface area contributed by atoms with Crippen LogP contribution in [0.5, 0.6) is 0 Å². The maximum Gasteiger partial charge on any atom is 0.232 e. The van der Waals surface area contributed by atoms with Gasteiger partial charge in [0.25, 0.3) is 0 Å². The number of carbonyl (C=O) groups is 2. The van der Waals surface area contributed by atoms with Crippen molar-refractivity contribution in [3.8, 4) is 0 Å². The average Bonchev–Trinajstić information content (AvgIpc) is 3.37. The van der Waals surface area contributed by atoms with Crippen LogP contribution in [0.3, 0.4) is 0 Å². The van der Waals surface area contributed by atoms with Crippen molar-refractivity contribution in [2.24, 2.45) is 5.92 Å². The van der Waals surface area contributed by atoms with Gasteiger partial charge < -0.3 is 15.0 Å². The quantitative estimate of drug-likeness (QED) is 0.892. The molecule has 2 aliphatic heterocycles. The lowest BCUT2D eigenvalue weighted by Gasteiger charge is -2.24. The van der Waals surface area contributed by atoms with Crippen molar-refractivity contribution in [2.75, 3.05) is 19.0 Å². The maximum absolute atomic E-state index is 12.8. The van der Waals surface area contributed by atoms with Crippen molar-refractivity contribution in [3.63, 3.8) is 0 Å². The zero-order chi connectivity index (χ0) is 18.1. The van der Waals surface area contributed by atoms with E-state index in [-0.39, 0.29) is 30.4 Å². The summed E-state index contributed by atoms with van der Waals surface area (Å²) >= 11 is 1.34. The highest BCUT2D eigenvalue weighted by molar-refractivity contribution is 7.15. The topological polar surface area (TPSA) is 84.4 Å². The SMILES string of the molecule is CN1C(=O)C[C@@H](C(=O)Nc2nnc([C@@H]3CCCO3)s2)[C@H]1c1ccccc1. The average molecular weight is 372 g/mol. The van der Waals surface area contributed by atoms with Crippen LogP contribution in [-0.2, 0) is 14.3 Å². The van der Waals surface area contributed by atoms with Gasteiger partial charge in [0.05, 0.1) is 12.0 Å². The normalized spacial score (nSPS) is 25.7. The molecule has 1 aromatic heterocycles. The standard InChI is InChI=1S/C18H20N4O3S/c1-22-14(23)10-12(15(22)11-6-3-2-4-7-11)16(24)19-18-21-20-17(26-18)13-8-5-9-25-13/h2-4,6-7,12-13,15H,5,8-10H2,1H3,(H,19,21,24)/t12-,13+,15-/m1/s1. The van der Waals surface area contributed by atoms with Crippen LogP contribution in [0.1, 0.15) is 42.0 Å².